The fourth-order valence-corrected chi connectivity index (χ4v) is 4.67. The molecular weight excluding hydrogens is 370 g/mol. The van der Waals surface area contributed by atoms with Gasteiger partial charge in [-0.3, -0.25) is 9.69 Å². The molecule has 0 atom stereocenters. The molecule has 4 heteroatoms. The summed E-state index contributed by atoms with van der Waals surface area (Å²) in [6.07, 6.45) is 12.1. The van der Waals surface area contributed by atoms with Gasteiger partial charge in [0, 0.05) is 30.5 Å². The van der Waals surface area contributed by atoms with E-state index in [1.54, 1.807) is 6.20 Å². The molecule has 4 rings (SSSR count). The summed E-state index contributed by atoms with van der Waals surface area (Å²) >= 11 is 0. The van der Waals surface area contributed by atoms with Crippen molar-refractivity contribution < 1.29 is 4.79 Å². The van der Waals surface area contributed by atoms with E-state index >= 15 is 0 Å². The number of nitrogens with zero attached hydrogens (tertiary/aromatic N) is 3. The molecule has 2 aromatic carbocycles. The Morgan fingerprint density at radius 2 is 1.87 bits per heavy atom. The van der Waals surface area contributed by atoms with Gasteiger partial charge in [-0.15, -0.1) is 0 Å². The first kappa shape index (κ1) is 20.5. The quantitative estimate of drug-likeness (QED) is 0.501. The summed E-state index contributed by atoms with van der Waals surface area (Å²) in [6.45, 7) is 2.99. The Labute approximate surface area is 179 Å². The third-order valence-corrected chi connectivity index (χ3v) is 6.41. The highest BCUT2D eigenvalue weighted by Gasteiger charge is 2.20. The molecule has 1 heterocycles. The number of hydrogen-bond donors (Lipinski definition) is 0. The minimum absolute atomic E-state index is 0.644. The van der Waals surface area contributed by atoms with E-state index in [1.807, 2.05) is 16.9 Å². The molecule has 0 unspecified atom stereocenters. The van der Waals surface area contributed by atoms with Crippen LogP contribution in [0.3, 0.4) is 0 Å². The maximum absolute atomic E-state index is 11.9. The van der Waals surface area contributed by atoms with E-state index in [0.29, 0.717) is 6.04 Å². The van der Waals surface area contributed by atoms with Crippen LogP contribution in [0, 0.1) is 6.92 Å². The maximum atomic E-state index is 11.9. The second kappa shape index (κ2) is 9.40. The first-order chi connectivity index (χ1) is 14.6. The molecule has 0 radical (unpaired) electrons. The van der Waals surface area contributed by atoms with Crippen LogP contribution < -0.4 is 0 Å². The molecule has 0 amide bonds. The van der Waals surface area contributed by atoms with Gasteiger partial charge in [-0.25, -0.2) is 4.68 Å². The maximum Gasteiger partial charge on any atom is 0.150 e. The topological polar surface area (TPSA) is 38.1 Å². The van der Waals surface area contributed by atoms with Crippen molar-refractivity contribution in [1.82, 2.24) is 14.7 Å². The molecule has 0 bridgehead atoms. The van der Waals surface area contributed by atoms with Crippen molar-refractivity contribution in [3.63, 3.8) is 0 Å². The van der Waals surface area contributed by atoms with Crippen molar-refractivity contribution in [1.29, 1.82) is 0 Å². The molecular formula is C26H31N3O. The van der Waals surface area contributed by atoms with Crippen LogP contribution in [0.25, 0.3) is 5.69 Å². The Balaban J connectivity index is 1.49. The SMILES string of the molecule is Cc1cc(Cc2ccc(-n3cccn3)cc2)cc(C=O)c1CN(C)C1CCCCC1. The zero-order valence-corrected chi connectivity index (χ0v) is 18.1. The van der Waals surface area contributed by atoms with Crippen molar-refractivity contribution >= 4 is 6.29 Å². The number of aldehydes is 1. The van der Waals surface area contributed by atoms with Crippen molar-refractivity contribution in [2.24, 2.45) is 0 Å². The number of carbonyl (C=O) groups excluding carboxylic acids is 1. The average molecular weight is 402 g/mol. The first-order valence-electron chi connectivity index (χ1n) is 11.0. The van der Waals surface area contributed by atoms with E-state index in [1.165, 1.54) is 54.4 Å². The van der Waals surface area contributed by atoms with Crippen molar-refractivity contribution in [2.75, 3.05) is 7.05 Å². The van der Waals surface area contributed by atoms with Crippen LogP contribution in [-0.4, -0.2) is 34.1 Å². The van der Waals surface area contributed by atoms with Crippen LogP contribution in [-0.2, 0) is 13.0 Å². The summed E-state index contributed by atoms with van der Waals surface area (Å²) in [4.78, 5) is 14.3. The summed E-state index contributed by atoms with van der Waals surface area (Å²) in [5.41, 5.74) is 6.69. The summed E-state index contributed by atoms with van der Waals surface area (Å²) < 4.78 is 1.86. The summed E-state index contributed by atoms with van der Waals surface area (Å²) in [6, 6.07) is 15.3. The van der Waals surface area contributed by atoms with E-state index in [4.69, 9.17) is 0 Å². The molecule has 1 aliphatic carbocycles. The Bertz CT molecular complexity index is 970. The minimum atomic E-state index is 0.644. The standard InChI is InChI=1S/C26H31N3O/c1-20-15-22(16-21-9-11-25(12-10-21)29-14-6-13-27-29)17-23(19-30)26(20)18-28(2)24-7-4-3-5-8-24/h6,9-15,17,19,24H,3-5,7-8,16,18H2,1-2H3. The van der Waals surface area contributed by atoms with E-state index in [2.05, 4.69) is 60.4 Å². The van der Waals surface area contributed by atoms with Crippen molar-refractivity contribution in [3.05, 3.63) is 82.7 Å². The molecule has 3 aromatic rings. The normalized spacial score (nSPS) is 14.9. The van der Waals surface area contributed by atoms with Gasteiger partial charge < -0.3 is 0 Å². The lowest BCUT2D eigenvalue weighted by Gasteiger charge is -2.32. The predicted molar refractivity (Wildman–Crippen MR) is 121 cm³/mol. The van der Waals surface area contributed by atoms with Gasteiger partial charge in [-0.2, -0.15) is 5.10 Å². The first-order valence-corrected chi connectivity index (χ1v) is 11.0. The van der Waals surface area contributed by atoms with Crippen LogP contribution in [0.1, 0.15) is 64.7 Å². The van der Waals surface area contributed by atoms with E-state index in [-0.39, 0.29) is 0 Å². The summed E-state index contributed by atoms with van der Waals surface area (Å²) in [5.74, 6) is 0. The molecule has 1 fully saturated rings. The molecule has 1 aromatic heterocycles. The molecule has 156 valence electrons. The van der Waals surface area contributed by atoms with Gasteiger partial charge in [0.15, 0.2) is 0 Å². The van der Waals surface area contributed by atoms with Crippen molar-refractivity contribution in [2.45, 2.75) is 58.0 Å². The Hall–Kier alpha value is -2.72. The second-order valence-electron chi connectivity index (χ2n) is 8.60. The van der Waals surface area contributed by atoms with Crippen LogP contribution in [0.5, 0.6) is 0 Å². The van der Waals surface area contributed by atoms with Gasteiger partial charge in [-0.05, 0) is 79.8 Å². The third-order valence-electron chi connectivity index (χ3n) is 6.41. The number of rotatable bonds is 7. The van der Waals surface area contributed by atoms with Gasteiger partial charge in [0.25, 0.3) is 0 Å². The molecule has 0 N–H and O–H groups in total. The van der Waals surface area contributed by atoms with E-state index in [0.717, 1.165) is 30.5 Å². The lowest BCUT2D eigenvalue weighted by atomic mass is 9.92. The summed E-state index contributed by atoms with van der Waals surface area (Å²) in [7, 11) is 2.21. The van der Waals surface area contributed by atoms with Crippen LogP contribution in [0.4, 0.5) is 0 Å². The highest BCUT2D eigenvalue weighted by atomic mass is 16.1. The number of aromatic nitrogens is 2. The molecule has 4 nitrogen and oxygen atoms in total. The Kier molecular flexibility index (Phi) is 6.44. The fraction of sp³-hybridized carbons (Fsp3) is 0.385. The van der Waals surface area contributed by atoms with Gasteiger partial charge in [-0.1, -0.05) is 37.5 Å². The molecule has 1 aliphatic rings. The smallest absolute Gasteiger partial charge is 0.150 e. The number of hydrogen-bond acceptors (Lipinski definition) is 3. The largest absolute Gasteiger partial charge is 0.299 e. The highest BCUT2D eigenvalue weighted by molar-refractivity contribution is 5.78. The molecule has 0 aliphatic heterocycles. The molecule has 0 saturated heterocycles. The Morgan fingerprint density at radius 3 is 2.53 bits per heavy atom. The average Bonchev–Trinajstić information content (AvgIpc) is 3.31. The third kappa shape index (κ3) is 4.71. The van der Waals surface area contributed by atoms with Crippen molar-refractivity contribution in [3.8, 4) is 5.69 Å². The number of carbonyl (C=O) groups is 1. The molecule has 0 spiro atoms. The fourth-order valence-electron chi connectivity index (χ4n) is 4.67. The van der Waals surface area contributed by atoms with E-state index < -0.39 is 0 Å². The number of aryl methyl sites for hydroxylation is 1. The minimum Gasteiger partial charge on any atom is -0.299 e. The number of benzene rings is 2. The zero-order chi connectivity index (χ0) is 20.9. The van der Waals surface area contributed by atoms with Crippen LogP contribution in [0.2, 0.25) is 0 Å². The molecule has 30 heavy (non-hydrogen) atoms. The second-order valence-corrected chi connectivity index (χ2v) is 8.60. The Morgan fingerprint density at radius 1 is 1.10 bits per heavy atom. The zero-order valence-electron chi connectivity index (χ0n) is 18.1. The predicted octanol–water partition coefficient (Wildman–Crippen LogP) is 5.35. The van der Waals surface area contributed by atoms with Gasteiger partial charge in [0.05, 0.1) is 5.69 Å². The molecule has 1 saturated carbocycles. The van der Waals surface area contributed by atoms with Crippen LogP contribution in [0.15, 0.2) is 54.9 Å². The van der Waals surface area contributed by atoms with Gasteiger partial charge in [0.2, 0.25) is 0 Å². The van der Waals surface area contributed by atoms with Crippen LogP contribution >= 0.6 is 0 Å². The lowest BCUT2D eigenvalue weighted by molar-refractivity contribution is 0.112. The van der Waals surface area contributed by atoms with Gasteiger partial charge in [0.1, 0.15) is 6.29 Å². The summed E-state index contributed by atoms with van der Waals surface area (Å²) in [5, 5.41) is 4.28. The lowest BCUT2D eigenvalue weighted by Crippen LogP contribution is -2.33. The monoisotopic (exact) mass is 401 g/mol. The highest BCUT2D eigenvalue weighted by Crippen LogP contribution is 2.26. The van der Waals surface area contributed by atoms with Gasteiger partial charge >= 0.3 is 0 Å². The van der Waals surface area contributed by atoms with E-state index in [9.17, 15) is 4.79 Å².